The van der Waals surface area contributed by atoms with Crippen LogP contribution in [0.5, 0.6) is 0 Å². The van der Waals surface area contributed by atoms with Gasteiger partial charge in [0, 0.05) is 11.7 Å². The van der Waals surface area contributed by atoms with Crippen LogP contribution in [0.3, 0.4) is 0 Å². The normalized spacial score (nSPS) is 35.5. The first-order valence-electron chi connectivity index (χ1n) is 8.83. The van der Waals surface area contributed by atoms with Gasteiger partial charge in [0.1, 0.15) is 0 Å². The zero-order valence-electron chi connectivity index (χ0n) is 15.1. The Hall–Kier alpha value is -1.01. The molecule has 3 unspecified atom stereocenters. The van der Waals surface area contributed by atoms with Gasteiger partial charge in [0.15, 0.2) is 0 Å². The highest BCUT2D eigenvalue weighted by atomic mass is 32.2. The largest absolute Gasteiger partial charge is 0.464 e. The first-order chi connectivity index (χ1) is 12.8. The second-order valence-electron chi connectivity index (χ2n) is 8.42. The number of hydrogen-bond acceptors (Lipinski definition) is 6. The lowest BCUT2D eigenvalue weighted by Crippen LogP contribution is -2.58. The van der Waals surface area contributed by atoms with Gasteiger partial charge in [0.25, 0.3) is 15.4 Å². The third-order valence-corrected chi connectivity index (χ3v) is 7.63. The number of hydrogen-bond donors (Lipinski definition) is 2. The summed E-state index contributed by atoms with van der Waals surface area (Å²) in [4.78, 5) is 24.5. The fraction of sp³-hybridized carbons (Fsp3) is 0.875. The molecule has 0 spiro atoms. The second kappa shape index (κ2) is 7.05. The summed E-state index contributed by atoms with van der Waals surface area (Å²) < 4.78 is 77.1. The van der Waals surface area contributed by atoms with Crippen molar-refractivity contribution in [2.45, 2.75) is 50.0 Å². The molecule has 0 heterocycles. The molecule has 0 aromatic carbocycles. The molecular formula is C16H22F3NO6S2. The van der Waals surface area contributed by atoms with Crippen LogP contribution in [0.1, 0.15) is 38.5 Å². The number of rotatable bonds is 6. The molecule has 3 atom stereocenters. The van der Waals surface area contributed by atoms with E-state index in [0.29, 0.717) is 32.1 Å². The van der Waals surface area contributed by atoms with E-state index >= 15 is 0 Å². The number of esters is 1. The van der Waals surface area contributed by atoms with Crippen molar-refractivity contribution in [1.82, 2.24) is 4.72 Å². The summed E-state index contributed by atoms with van der Waals surface area (Å²) in [6.45, 7) is -0.394. The maximum atomic E-state index is 12.9. The quantitative estimate of drug-likeness (QED) is 0.367. The predicted octanol–water partition coefficient (Wildman–Crippen LogP) is 2.33. The first kappa shape index (κ1) is 21.7. The van der Waals surface area contributed by atoms with Gasteiger partial charge in [-0.15, -0.1) is 0 Å². The lowest BCUT2D eigenvalue weighted by atomic mass is 9.44. The Morgan fingerprint density at radius 1 is 1.25 bits per heavy atom. The van der Waals surface area contributed by atoms with Crippen LogP contribution < -0.4 is 4.72 Å². The number of ether oxygens (including phenoxy) is 1. The Balaban J connectivity index is 1.77. The second-order valence-corrected chi connectivity index (χ2v) is 10.5. The van der Waals surface area contributed by atoms with Gasteiger partial charge in [-0.05, 0) is 50.4 Å². The van der Waals surface area contributed by atoms with Crippen molar-refractivity contribution in [1.29, 1.82) is 0 Å². The Kier molecular flexibility index (Phi) is 5.46. The van der Waals surface area contributed by atoms with E-state index in [1.54, 1.807) is 6.26 Å². The van der Waals surface area contributed by atoms with Crippen LogP contribution in [0.25, 0.3) is 0 Å². The highest BCUT2D eigenvalue weighted by molar-refractivity contribution is 7.97. The molecule has 0 aromatic rings. The van der Waals surface area contributed by atoms with Gasteiger partial charge < -0.3 is 4.74 Å². The monoisotopic (exact) mass is 445 g/mol. The van der Waals surface area contributed by atoms with E-state index in [4.69, 9.17) is 9.29 Å². The summed E-state index contributed by atoms with van der Waals surface area (Å²) >= 11 is 1.18. The van der Waals surface area contributed by atoms with Crippen molar-refractivity contribution in [2.75, 3.05) is 12.9 Å². The van der Waals surface area contributed by atoms with E-state index in [-0.39, 0.29) is 17.7 Å². The highest BCUT2D eigenvalue weighted by Gasteiger charge is 2.61. The smallest absolute Gasteiger partial charge is 0.418 e. The molecule has 0 aliphatic heterocycles. The van der Waals surface area contributed by atoms with E-state index in [1.807, 2.05) is 0 Å². The van der Waals surface area contributed by atoms with Crippen LogP contribution in [0.4, 0.5) is 13.2 Å². The summed E-state index contributed by atoms with van der Waals surface area (Å²) in [7, 11) is -5.70. The Morgan fingerprint density at radius 3 is 2.29 bits per heavy atom. The zero-order chi connectivity index (χ0) is 21.0. The fourth-order valence-corrected chi connectivity index (χ4v) is 6.86. The van der Waals surface area contributed by atoms with E-state index in [2.05, 4.69) is 4.72 Å². The summed E-state index contributed by atoms with van der Waals surface area (Å²) in [5, 5.41) is -3.62. The van der Waals surface area contributed by atoms with Gasteiger partial charge in [0.2, 0.25) is 5.91 Å². The number of alkyl halides is 3. The van der Waals surface area contributed by atoms with E-state index in [9.17, 15) is 31.2 Å². The molecule has 4 aliphatic rings. The molecule has 4 saturated carbocycles. The van der Waals surface area contributed by atoms with Gasteiger partial charge >= 0.3 is 12.1 Å². The number of halogens is 3. The number of carbonyl (C=O) groups excluding carboxylic acids is 2. The average Bonchev–Trinajstić information content (AvgIpc) is 2.49. The molecule has 4 aliphatic carbocycles. The van der Waals surface area contributed by atoms with Crippen molar-refractivity contribution < 1.29 is 40.5 Å². The molecule has 12 heteroatoms. The first-order valence-corrected chi connectivity index (χ1v) is 11.6. The molecule has 1 amide bonds. The molecular weight excluding hydrogens is 423 g/mol. The summed E-state index contributed by atoms with van der Waals surface area (Å²) in [6.07, 6.45) is 0.189. The Morgan fingerprint density at radius 2 is 1.82 bits per heavy atom. The van der Waals surface area contributed by atoms with Crippen LogP contribution in [0.2, 0.25) is 0 Å². The van der Waals surface area contributed by atoms with Crippen molar-refractivity contribution in [2.24, 2.45) is 22.7 Å². The highest BCUT2D eigenvalue weighted by Crippen LogP contribution is 2.65. The minimum absolute atomic E-state index is 0.115. The molecule has 0 radical (unpaired) electrons. The Labute approximate surface area is 165 Å². The van der Waals surface area contributed by atoms with E-state index in [0.717, 1.165) is 6.42 Å². The molecule has 4 bridgehead atoms. The average molecular weight is 445 g/mol. The zero-order valence-corrected chi connectivity index (χ0v) is 16.8. The molecule has 28 heavy (non-hydrogen) atoms. The predicted molar refractivity (Wildman–Crippen MR) is 93.6 cm³/mol. The summed E-state index contributed by atoms with van der Waals surface area (Å²) in [5.41, 5.74) is -1.28. The van der Waals surface area contributed by atoms with Gasteiger partial charge in [-0.3, -0.25) is 18.9 Å². The van der Waals surface area contributed by atoms with Crippen LogP contribution in [0, 0.1) is 22.7 Å². The third-order valence-electron chi connectivity index (χ3n) is 6.19. The van der Waals surface area contributed by atoms with Gasteiger partial charge in [-0.25, -0.2) is 0 Å². The standard InChI is InChI=1S/C16H22F3NO6S2/c1-27-20-13(22)15-5-9-2-10(6-15)4-14(3-9,7-15)8-26-12(21)11(16(17,18)19)28(23,24)25/h9-11H,2-8H2,1H3,(H,20,22)(H,23,24,25). The number of amides is 1. The lowest BCUT2D eigenvalue weighted by molar-refractivity contribution is -0.183. The minimum atomic E-state index is -5.70. The molecule has 0 saturated heterocycles. The molecule has 0 aromatic heterocycles. The van der Waals surface area contributed by atoms with Crippen molar-refractivity contribution in [3.63, 3.8) is 0 Å². The molecule has 4 fully saturated rings. The van der Waals surface area contributed by atoms with Crippen molar-refractivity contribution >= 4 is 33.9 Å². The van der Waals surface area contributed by atoms with Gasteiger partial charge in [-0.1, -0.05) is 11.9 Å². The van der Waals surface area contributed by atoms with E-state index in [1.165, 1.54) is 11.9 Å². The fourth-order valence-electron chi connectivity index (χ4n) is 5.81. The topological polar surface area (TPSA) is 110 Å². The lowest BCUT2D eigenvalue weighted by Gasteiger charge is -2.60. The van der Waals surface area contributed by atoms with Crippen LogP contribution in [-0.2, 0) is 24.4 Å². The molecule has 4 rings (SSSR count). The van der Waals surface area contributed by atoms with Crippen molar-refractivity contribution in [3.05, 3.63) is 0 Å². The van der Waals surface area contributed by atoms with Gasteiger partial charge in [0.05, 0.1) is 12.0 Å². The maximum Gasteiger partial charge on any atom is 0.418 e. The van der Waals surface area contributed by atoms with Gasteiger partial charge in [-0.2, -0.15) is 21.6 Å². The third kappa shape index (κ3) is 4.00. The van der Waals surface area contributed by atoms with E-state index < -0.39 is 45.0 Å². The summed E-state index contributed by atoms with van der Waals surface area (Å²) in [6, 6.07) is 0. The molecule has 7 nitrogen and oxygen atoms in total. The maximum absolute atomic E-state index is 12.9. The summed E-state index contributed by atoms with van der Waals surface area (Å²) in [5.74, 6) is -1.72. The SMILES string of the molecule is CSNC(=O)C12CC3CC(CC(COC(=O)C(C(F)(F)F)S(=O)(=O)O)(C3)C1)C2. The number of nitrogens with one attached hydrogen (secondary N) is 1. The molecule has 2 N–H and O–H groups in total. The molecule has 160 valence electrons. The van der Waals surface area contributed by atoms with Crippen LogP contribution in [-0.4, -0.2) is 49.1 Å². The number of carbonyl (C=O) groups is 2. The van der Waals surface area contributed by atoms with Crippen LogP contribution in [0.15, 0.2) is 0 Å². The minimum Gasteiger partial charge on any atom is -0.464 e. The Bertz CT molecular complexity index is 755. The van der Waals surface area contributed by atoms with Crippen LogP contribution >= 0.6 is 11.9 Å². The van der Waals surface area contributed by atoms with Crippen molar-refractivity contribution in [3.8, 4) is 0 Å².